The van der Waals surface area contributed by atoms with Crippen molar-refractivity contribution >= 4 is 0 Å². The average molecular weight is 172 g/mol. The Hall–Kier alpha value is -0.260. The highest BCUT2D eigenvalue weighted by atomic mass is 13.9. The molecule has 0 heterocycles. The van der Waals surface area contributed by atoms with Crippen molar-refractivity contribution in [2.75, 3.05) is 0 Å². The van der Waals surface area contributed by atoms with Gasteiger partial charge in [0.05, 0.1) is 0 Å². The summed E-state index contributed by atoms with van der Waals surface area (Å²) in [4.78, 5) is 0. The molecule has 0 saturated carbocycles. The molecule has 0 radical (unpaired) electrons. The van der Waals surface area contributed by atoms with Crippen LogP contribution in [0.5, 0.6) is 0 Å². The van der Waals surface area contributed by atoms with E-state index in [2.05, 4.69) is 34.3 Å². The first-order valence-electron chi connectivity index (χ1n) is 5.33. The summed E-state index contributed by atoms with van der Waals surface area (Å²) in [7, 11) is 0. The van der Waals surface area contributed by atoms with Gasteiger partial charge in [-0.25, -0.2) is 0 Å². The first-order chi connectivity index (χ1) is 5.72. The average Bonchev–Trinajstić information content (AvgIpc) is 2.20. The molecule has 0 heteroatoms. The van der Waals surface area contributed by atoms with Gasteiger partial charge in [0.1, 0.15) is 0 Å². The molecule has 0 atom stereocenters. The second-order valence-electron chi connectivity index (χ2n) is 2.62. The predicted octanol–water partition coefficient (Wildman–Crippen LogP) is 5.05. The summed E-state index contributed by atoms with van der Waals surface area (Å²) < 4.78 is 0. The molecule has 0 unspecified atom stereocenters. The zero-order valence-electron chi connectivity index (χ0n) is 9.98. The van der Waals surface area contributed by atoms with Crippen molar-refractivity contribution in [2.24, 2.45) is 5.92 Å². The lowest BCUT2D eigenvalue weighted by Gasteiger charge is -1.98. The highest BCUT2D eigenvalue weighted by Gasteiger charge is 1.88. The van der Waals surface area contributed by atoms with Crippen LogP contribution in [0.25, 0.3) is 0 Å². The zero-order valence-corrected chi connectivity index (χ0v) is 9.98. The van der Waals surface area contributed by atoms with Gasteiger partial charge in [0.15, 0.2) is 0 Å². The first-order valence-corrected chi connectivity index (χ1v) is 5.33. The topological polar surface area (TPSA) is 0 Å². The minimum absolute atomic E-state index is 0.935. The fraction of sp³-hybridized carbons (Fsp3) is 0.833. The summed E-state index contributed by atoms with van der Waals surface area (Å²) in [5, 5.41) is 0. The van der Waals surface area contributed by atoms with Crippen LogP contribution in [0.1, 0.15) is 60.8 Å². The third-order valence-electron chi connectivity index (χ3n) is 1.68. The van der Waals surface area contributed by atoms with Gasteiger partial charge in [0.25, 0.3) is 0 Å². The third kappa shape index (κ3) is 33.1. The SMILES string of the molecule is C=CCC.CC.CCC(C)CC. The Balaban J connectivity index is -0.000000118. The Kier molecular flexibility index (Phi) is 33.1. The maximum absolute atomic E-state index is 3.48. The molecular weight excluding hydrogens is 144 g/mol. The van der Waals surface area contributed by atoms with E-state index in [1.54, 1.807) is 0 Å². The maximum Gasteiger partial charge on any atom is -0.0382 e. The summed E-state index contributed by atoms with van der Waals surface area (Å²) in [6.07, 6.45) is 5.62. The normalized spacial score (nSPS) is 7.58. The van der Waals surface area contributed by atoms with E-state index in [9.17, 15) is 0 Å². The van der Waals surface area contributed by atoms with Crippen molar-refractivity contribution in [1.29, 1.82) is 0 Å². The van der Waals surface area contributed by atoms with Crippen molar-refractivity contribution < 1.29 is 0 Å². The standard InChI is InChI=1S/C6H14.C4H8.C2H6/c1-4-6(3)5-2;1-3-4-2;1-2/h6H,4-5H2,1-3H3;3H,1,4H2,2H3;1-2H3. The molecule has 0 aromatic carbocycles. The van der Waals surface area contributed by atoms with Gasteiger partial charge in [-0.05, 0) is 12.3 Å². The van der Waals surface area contributed by atoms with Crippen LogP contribution in [0, 0.1) is 5.92 Å². The van der Waals surface area contributed by atoms with Crippen molar-refractivity contribution in [3.05, 3.63) is 12.7 Å². The molecule has 0 rings (SSSR count). The fourth-order valence-electron chi connectivity index (χ4n) is 0.289. The highest BCUT2D eigenvalue weighted by Crippen LogP contribution is 2.02. The van der Waals surface area contributed by atoms with Gasteiger partial charge in [-0.3, -0.25) is 0 Å². The molecule has 0 fully saturated rings. The maximum atomic E-state index is 3.48. The van der Waals surface area contributed by atoms with Gasteiger partial charge in [0, 0.05) is 0 Å². The summed E-state index contributed by atoms with van der Waals surface area (Å²) in [6.45, 7) is 16.3. The highest BCUT2D eigenvalue weighted by molar-refractivity contribution is 4.60. The summed E-state index contributed by atoms with van der Waals surface area (Å²) >= 11 is 0. The van der Waals surface area contributed by atoms with Crippen LogP contribution in [0.4, 0.5) is 0 Å². The van der Waals surface area contributed by atoms with Crippen LogP contribution < -0.4 is 0 Å². The molecule has 0 aromatic rings. The lowest BCUT2D eigenvalue weighted by atomic mass is 10.1. The summed E-state index contributed by atoms with van der Waals surface area (Å²) in [6, 6.07) is 0. The quantitative estimate of drug-likeness (QED) is 0.522. The second kappa shape index (κ2) is 22.4. The predicted molar refractivity (Wildman–Crippen MR) is 61.6 cm³/mol. The van der Waals surface area contributed by atoms with Crippen molar-refractivity contribution in [1.82, 2.24) is 0 Å². The van der Waals surface area contributed by atoms with Gasteiger partial charge in [0.2, 0.25) is 0 Å². The van der Waals surface area contributed by atoms with E-state index in [-0.39, 0.29) is 0 Å². The second-order valence-corrected chi connectivity index (χ2v) is 2.62. The van der Waals surface area contributed by atoms with E-state index >= 15 is 0 Å². The molecule has 0 nitrogen and oxygen atoms in total. The van der Waals surface area contributed by atoms with Crippen LogP contribution in [0.15, 0.2) is 12.7 Å². The molecule has 0 aliphatic rings. The zero-order chi connectivity index (χ0) is 10.4. The van der Waals surface area contributed by atoms with Crippen molar-refractivity contribution in [3.63, 3.8) is 0 Å². The fourth-order valence-corrected chi connectivity index (χ4v) is 0.289. The minimum atomic E-state index is 0.935. The number of hydrogen-bond acceptors (Lipinski definition) is 0. The lowest BCUT2D eigenvalue weighted by molar-refractivity contribution is 0.544. The van der Waals surface area contributed by atoms with Gasteiger partial charge in [-0.15, -0.1) is 6.58 Å². The van der Waals surface area contributed by atoms with Gasteiger partial charge < -0.3 is 0 Å². The Morgan fingerprint density at radius 3 is 1.33 bits per heavy atom. The summed E-state index contributed by atoms with van der Waals surface area (Å²) in [5.41, 5.74) is 0. The van der Waals surface area contributed by atoms with Crippen LogP contribution in [-0.2, 0) is 0 Å². The van der Waals surface area contributed by atoms with E-state index in [0.29, 0.717) is 0 Å². The van der Waals surface area contributed by atoms with Gasteiger partial charge >= 0.3 is 0 Å². The molecule has 12 heavy (non-hydrogen) atoms. The van der Waals surface area contributed by atoms with E-state index in [1.807, 2.05) is 19.9 Å². The molecule has 0 aromatic heterocycles. The largest absolute Gasteiger partial charge is 0.103 e. The minimum Gasteiger partial charge on any atom is -0.103 e. The van der Waals surface area contributed by atoms with Gasteiger partial charge in [-0.1, -0.05) is 60.5 Å². The van der Waals surface area contributed by atoms with Crippen LogP contribution in [-0.4, -0.2) is 0 Å². The molecule has 0 aliphatic heterocycles. The van der Waals surface area contributed by atoms with Crippen molar-refractivity contribution in [2.45, 2.75) is 60.8 Å². The molecular formula is C12H28. The monoisotopic (exact) mass is 172 g/mol. The van der Waals surface area contributed by atoms with E-state index in [0.717, 1.165) is 12.3 Å². The molecule has 0 aliphatic carbocycles. The Labute approximate surface area is 80.1 Å². The lowest BCUT2D eigenvalue weighted by Crippen LogP contribution is -1.85. The van der Waals surface area contributed by atoms with Crippen LogP contribution >= 0.6 is 0 Å². The third-order valence-corrected chi connectivity index (χ3v) is 1.68. The Morgan fingerprint density at radius 1 is 1.08 bits per heavy atom. The number of rotatable bonds is 3. The smallest absolute Gasteiger partial charge is 0.0382 e. The van der Waals surface area contributed by atoms with E-state index in [1.165, 1.54) is 12.8 Å². The van der Waals surface area contributed by atoms with Gasteiger partial charge in [-0.2, -0.15) is 0 Å². The van der Waals surface area contributed by atoms with E-state index in [4.69, 9.17) is 0 Å². The van der Waals surface area contributed by atoms with E-state index < -0.39 is 0 Å². The molecule has 0 amide bonds. The van der Waals surface area contributed by atoms with Crippen molar-refractivity contribution in [3.8, 4) is 0 Å². The molecule has 0 N–H and O–H groups in total. The summed E-state index contributed by atoms with van der Waals surface area (Å²) in [5.74, 6) is 0.935. The first kappa shape index (κ1) is 17.7. The molecule has 76 valence electrons. The molecule has 0 saturated heterocycles. The van der Waals surface area contributed by atoms with Crippen LogP contribution in [0.3, 0.4) is 0 Å². The Morgan fingerprint density at radius 2 is 1.33 bits per heavy atom. The number of allylic oxidation sites excluding steroid dienone is 1. The molecule has 0 spiro atoms. The Bertz CT molecular complexity index is 51.1. The van der Waals surface area contributed by atoms with Crippen LogP contribution in [0.2, 0.25) is 0 Å². The molecule has 0 bridgehead atoms. The number of hydrogen-bond donors (Lipinski definition) is 0.